The van der Waals surface area contributed by atoms with Gasteiger partial charge in [-0.3, -0.25) is 0 Å². The van der Waals surface area contributed by atoms with Crippen molar-refractivity contribution in [1.29, 1.82) is 0 Å². The van der Waals surface area contributed by atoms with Crippen LogP contribution in [0.25, 0.3) is 0 Å². The molecule has 1 aromatic rings. The number of alkyl halides is 1. The van der Waals surface area contributed by atoms with Gasteiger partial charge in [-0.2, -0.15) is 0 Å². The zero-order valence-corrected chi connectivity index (χ0v) is 8.91. The standard InChI is InChI=1S/C10H11BrO2/c1-13-7-3-2-6-4-9(11)10(12)8(6)5-7/h2-3,5,9-10,12H,4H2,1H3/t9-,10-/m0/s1. The lowest BCUT2D eigenvalue weighted by Crippen LogP contribution is -2.04. The zero-order valence-electron chi connectivity index (χ0n) is 7.33. The molecule has 0 fully saturated rings. The molecule has 13 heavy (non-hydrogen) atoms. The fourth-order valence-electron chi connectivity index (χ4n) is 1.68. The lowest BCUT2D eigenvalue weighted by Gasteiger charge is -2.08. The molecule has 2 nitrogen and oxygen atoms in total. The summed E-state index contributed by atoms with van der Waals surface area (Å²) in [6, 6.07) is 5.84. The van der Waals surface area contributed by atoms with Crippen LogP contribution in [0, 0.1) is 0 Å². The number of methoxy groups -OCH3 is 1. The van der Waals surface area contributed by atoms with E-state index in [0.717, 1.165) is 17.7 Å². The fraction of sp³-hybridized carbons (Fsp3) is 0.400. The third kappa shape index (κ3) is 1.46. The third-order valence-corrected chi connectivity index (χ3v) is 3.25. The van der Waals surface area contributed by atoms with Crippen molar-refractivity contribution < 1.29 is 9.84 Å². The zero-order chi connectivity index (χ0) is 9.42. The lowest BCUT2D eigenvalue weighted by molar-refractivity contribution is 0.187. The molecular formula is C10H11BrO2. The maximum atomic E-state index is 9.77. The molecule has 0 heterocycles. The third-order valence-electron chi connectivity index (χ3n) is 2.43. The number of hydrogen-bond donors (Lipinski definition) is 1. The van der Waals surface area contributed by atoms with Crippen molar-refractivity contribution in [1.82, 2.24) is 0 Å². The molecule has 1 aliphatic rings. The Bertz CT molecular complexity index is 325. The molecule has 3 heteroatoms. The number of ether oxygens (including phenoxy) is 1. The molecule has 2 rings (SSSR count). The average molecular weight is 243 g/mol. The van der Waals surface area contributed by atoms with Gasteiger partial charge in [0.1, 0.15) is 5.75 Å². The first-order chi connectivity index (χ1) is 6.22. The molecule has 1 aliphatic carbocycles. The van der Waals surface area contributed by atoms with Crippen LogP contribution in [0.5, 0.6) is 5.75 Å². The van der Waals surface area contributed by atoms with Gasteiger partial charge in [0.25, 0.3) is 0 Å². The highest BCUT2D eigenvalue weighted by molar-refractivity contribution is 9.09. The molecule has 1 aromatic carbocycles. The van der Waals surface area contributed by atoms with Crippen LogP contribution in [-0.2, 0) is 6.42 Å². The van der Waals surface area contributed by atoms with Crippen LogP contribution in [0.3, 0.4) is 0 Å². The smallest absolute Gasteiger partial charge is 0.119 e. The lowest BCUT2D eigenvalue weighted by atomic mass is 10.1. The van der Waals surface area contributed by atoms with Gasteiger partial charge in [-0.15, -0.1) is 0 Å². The largest absolute Gasteiger partial charge is 0.497 e. The Morgan fingerprint density at radius 2 is 2.31 bits per heavy atom. The van der Waals surface area contributed by atoms with E-state index in [0.29, 0.717) is 0 Å². The van der Waals surface area contributed by atoms with E-state index in [1.165, 1.54) is 5.56 Å². The van der Waals surface area contributed by atoms with Crippen molar-refractivity contribution in [2.75, 3.05) is 7.11 Å². The number of fused-ring (bicyclic) bond motifs is 1. The van der Waals surface area contributed by atoms with Gasteiger partial charge in [0, 0.05) is 4.83 Å². The van der Waals surface area contributed by atoms with Crippen LogP contribution < -0.4 is 4.74 Å². The molecule has 0 saturated heterocycles. The molecule has 70 valence electrons. The second-order valence-corrected chi connectivity index (χ2v) is 4.41. The van der Waals surface area contributed by atoms with Crippen molar-refractivity contribution in [3.8, 4) is 5.75 Å². The number of rotatable bonds is 1. The summed E-state index contributed by atoms with van der Waals surface area (Å²) in [7, 11) is 1.63. The van der Waals surface area contributed by atoms with Gasteiger partial charge in [-0.1, -0.05) is 22.0 Å². The first-order valence-electron chi connectivity index (χ1n) is 4.21. The Kier molecular flexibility index (Phi) is 2.30. The Morgan fingerprint density at radius 3 is 3.00 bits per heavy atom. The summed E-state index contributed by atoms with van der Waals surface area (Å²) in [5.74, 6) is 0.805. The van der Waals surface area contributed by atoms with E-state index in [-0.39, 0.29) is 4.83 Å². The molecule has 0 aromatic heterocycles. The minimum Gasteiger partial charge on any atom is -0.497 e. The topological polar surface area (TPSA) is 29.5 Å². The van der Waals surface area contributed by atoms with Crippen molar-refractivity contribution in [2.45, 2.75) is 17.4 Å². The second-order valence-electron chi connectivity index (χ2n) is 3.23. The average Bonchev–Trinajstić information content (AvgIpc) is 2.43. The minimum atomic E-state index is -0.398. The number of aliphatic hydroxyl groups excluding tert-OH is 1. The molecule has 2 atom stereocenters. The van der Waals surface area contributed by atoms with Crippen LogP contribution in [0.15, 0.2) is 18.2 Å². The minimum absolute atomic E-state index is 0.148. The Labute approximate surface area is 85.7 Å². The maximum Gasteiger partial charge on any atom is 0.119 e. The molecule has 0 spiro atoms. The summed E-state index contributed by atoms with van der Waals surface area (Å²) in [5, 5.41) is 9.77. The van der Waals surface area contributed by atoms with Crippen LogP contribution in [0.4, 0.5) is 0 Å². The molecule has 0 unspecified atom stereocenters. The maximum absolute atomic E-state index is 9.77. The number of halogens is 1. The van der Waals surface area contributed by atoms with Crippen molar-refractivity contribution >= 4 is 15.9 Å². The molecule has 0 amide bonds. The van der Waals surface area contributed by atoms with Crippen molar-refractivity contribution in [2.24, 2.45) is 0 Å². The molecule has 1 N–H and O–H groups in total. The number of aliphatic hydroxyl groups is 1. The van der Waals surface area contributed by atoms with Gasteiger partial charge in [0.05, 0.1) is 13.2 Å². The van der Waals surface area contributed by atoms with Gasteiger partial charge >= 0.3 is 0 Å². The van der Waals surface area contributed by atoms with E-state index in [4.69, 9.17) is 4.74 Å². The van der Waals surface area contributed by atoms with Gasteiger partial charge in [0.2, 0.25) is 0 Å². The van der Waals surface area contributed by atoms with Crippen LogP contribution >= 0.6 is 15.9 Å². The summed E-state index contributed by atoms with van der Waals surface area (Å²) in [4.78, 5) is 0.148. The molecule has 0 radical (unpaired) electrons. The van der Waals surface area contributed by atoms with E-state index in [9.17, 15) is 5.11 Å². The summed E-state index contributed by atoms with van der Waals surface area (Å²) >= 11 is 3.44. The molecule has 0 aliphatic heterocycles. The Balaban J connectivity index is 2.42. The quantitative estimate of drug-likeness (QED) is 0.765. The highest BCUT2D eigenvalue weighted by atomic mass is 79.9. The molecular weight excluding hydrogens is 232 g/mol. The number of benzene rings is 1. The van der Waals surface area contributed by atoms with Gasteiger partial charge in [0.15, 0.2) is 0 Å². The predicted octanol–water partition coefficient (Wildman–Crippen LogP) is 2.05. The monoisotopic (exact) mass is 242 g/mol. The summed E-state index contributed by atoms with van der Waals surface area (Å²) in [5.41, 5.74) is 2.19. The number of hydrogen-bond acceptors (Lipinski definition) is 2. The summed E-state index contributed by atoms with van der Waals surface area (Å²) in [6.07, 6.45) is 0.491. The van der Waals surface area contributed by atoms with Gasteiger partial charge < -0.3 is 9.84 Å². The Hall–Kier alpha value is -0.540. The molecule has 0 saturated carbocycles. The first-order valence-corrected chi connectivity index (χ1v) is 5.13. The van der Waals surface area contributed by atoms with Gasteiger partial charge in [-0.25, -0.2) is 0 Å². The Morgan fingerprint density at radius 1 is 1.54 bits per heavy atom. The predicted molar refractivity (Wildman–Crippen MR) is 54.4 cm³/mol. The van der Waals surface area contributed by atoms with E-state index < -0.39 is 6.10 Å². The van der Waals surface area contributed by atoms with E-state index >= 15 is 0 Å². The van der Waals surface area contributed by atoms with Crippen LogP contribution in [0.1, 0.15) is 17.2 Å². The summed E-state index contributed by atoms with van der Waals surface area (Å²) in [6.45, 7) is 0. The van der Waals surface area contributed by atoms with Crippen LogP contribution in [-0.4, -0.2) is 17.0 Å². The van der Waals surface area contributed by atoms with Crippen molar-refractivity contribution in [3.63, 3.8) is 0 Å². The van der Waals surface area contributed by atoms with E-state index in [2.05, 4.69) is 15.9 Å². The van der Waals surface area contributed by atoms with Crippen molar-refractivity contribution in [3.05, 3.63) is 29.3 Å². The normalized spacial score (nSPS) is 25.8. The van der Waals surface area contributed by atoms with Gasteiger partial charge in [-0.05, 0) is 29.7 Å². The highest BCUT2D eigenvalue weighted by Gasteiger charge is 2.28. The highest BCUT2D eigenvalue weighted by Crippen LogP contribution is 2.37. The van der Waals surface area contributed by atoms with E-state index in [1.807, 2.05) is 18.2 Å². The second kappa shape index (κ2) is 3.31. The fourth-order valence-corrected chi connectivity index (χ4v) is 2.31. The first kappa shape index (κ1) is 9.03. The molecule has 0 bridgehead atoms. The summed E-state index contributed by atoms with van der Waals surface area (Å²) < 4.78 is 5.10. The van der Waals surface area contributed by atoms with Crippen LogP contribution in [0.2, 0.25) is 0 Å². The SMILES string of the molecule is COc1ccc2c(c1)[C@H](O)[C@@H](Br)C2. The van der Waals surface area contributed by atoms with E-state index in [1.54, 1.807) is 7.11 Å².